The first-order valence-electron chi connectivity index (χ1n) is 8.05. The van der Waals surface area contributed by atoms with Gasteiger partial charge in [-0.15, -0.1) is 0 Å². The summed E-state index contributed by atoms with van der Waals surface area (Å²) in [6, 6.07) is 4.95. The van der Waals surface area contributed by atoms with Crippen LogP contribution >= 0.6 is 0 Å². The van der Waals surface area contributed by atoms with Crippen molar-refractivity contribution in [2.45, 2.75) is 19.6 Å². The van der Waals surface area contributed by atoms with Crippen molar-refractivity contribution in [1.82, 2.24) is 14.7 Å². The molecule has 0 atom stereocenters. The SMILES string of the molecule is CC(=O)N1CCN(C(=O)CN(C)Cc2ccc(C(F)(F)F)cc2)CC1. The van der Waals surface area contributed by atoms with Crippen molar-refractivity contribution in [3.63, 3.8) is 0 Å². The van der Waals surface area contributed by atoms with Gasteiger partial charge in [0, 0.05) is 39.6 Å². The Kier molecular flexibility index (Phi) is 6.05. The minimum Gasteiger partial charge on any atom is -0.339 e. The summed E-state index contributed by atoms with van der Waals surface area (Å²) in [5.74, 6) is -0.0378. The van der Waals surface area contributed by atoms with E-state index < -0.39 is 11.7 Å². The summed E-state index contributed by atoms with van der Waals surface area (Å²) >= 11 is 0. The predicted molar refractivity (Wildman–Crippen MR) is 86.6 cm³/mol. The van der Waals surface area contributed by atoms with E-state index in [0.717, 1.165) is 12.1 Å². The molecule has 1 fully saturated rings. The lowest BCUT2D eigenvalue weighted by Crippen LogP contribution is -2.51. The highest BCUT2D eigenvalue weighted by atomic mass is 19.4. The predicted octanol–water partition coefficient (Wildman–Crippen LogP) is 1.83. The first-order valence-corrected chi connectivity index (χ1v) is 8.05. The first kappa shape index (κ1) is 19.2. The molecule has 1 aliphatic heterocycles. The molecule has 5 nitrogen and oxygen atoms in total. The van der Waals surface area contributed by atoms with Gasteiger partial charge in [0.1, 0.15) is 0 Å². The minimum absolute atomic E-state index is 0.00604. The van der Waals surface area contributed by atoms with Gasteiger partial charge in [-0.2, -0.15) is 13.2 Å². The molecule has 0 spiro atoms. The number of nitrogens with zero attached hydrogens (tertiary/aromatic N) is 3. The van der Waals surface area contributed by atoms with Gasteiger partial charge >= 0.3 is 6.18 Å². The zero-order valence-electron chi connectivity index (χ0n) is 14.3. The normalized spacial score (nSPS) is 15.6. The number of alkyl halides is 3. The summed E-state index contributed by atoms with van der Waals surface area (Å²) < 4.78 is 37.7. The van der Waals surface area contributed by atoms with E-state index in [9.17, 15) is 22.8 Å². The Balaban J connectivity index is 1.83. The van der Waals surface area contributed by atoms with Gasteiger partial charge in [-0.3, -0.25) is 14.5 Å². The molecule has 0 N–H and O–H groups in total. The van der Waals surface area contributed by atoms with Gasteiger partial charge in [0.25, 0.3) is 0 Å². The Hall–Kier alpha value is -2.09. The fourth-order valence-corrected chi connectivity index (χ4v) is 2.77. The van der Waals surface area contributed by atoms with Crippen LogP contribution in [0.3, 0.4) is 0 Å². The van der Waals surface area contributed by atoms with E-state index in [1.165, 1.54) is 19.1 Å². The molecule has 0 bridgehead atoms. The van der Waals surface area contributed by atoms with Gasteiger partial charge < -0.3 is 9.80 Å². The topological polar surface area (TPSA) is 43.9 Å². The first-order chi connectivity index (χ1) is 11.7. The average molecular weight is 357 g/mol. The third kappa shape index (κ3) is 5.45. The summed E-state index contributed by atoms with van der Waals surface area (Å²) in [5.41, 5.74) is 0.0306. The van der Waals surface area contributed by atoms with Gasteiger partial charge in [-0.25, -0.2) is 0 Å². The van der Waals surface area contributed by atoms with Crippen molar-refractivity contribution < 1.29 is 22.8 Å². The number of halogens is 3. The molecule has 0 aliphatic carbocycles. The summed E-state index contributed by atoms with van der Waals surface area (Å²) in [5, 5.41) is 0. The molecule has 2 amide bonds. The molecule has 1 aliphatic rings. The zero-order chi connectivity index (χ0) is 18.6. The maximum Gasteiger partial charge on any atom is 0.416 e. The van der Waals surface area contributed by atoms with Crippen LogP contribution in [0.1, 0.15) is 18.1 Å². The lowest BCUT2D eigenvalue weighted by molar-refractivity contribution is -0.139. The summed E-state index contributed by atoms with van der Waals surface area (Å²) in [7, 11) is 1.75. The molecule has 1 heterocycles. The largest absolute Gasteiger partial charge is 0.416 e. The quantitative estimate of drug-likeness (QED) is 0.826. The molecule has 25 heavy (non-hydrogen) atoms. The molecular weight excluding hydrogens is 335 g/mol. The third-order valence-corrected chi connectivity index (χ3v) is 4.22. The summed E-state index contributed by atoms with van der Waals surface area (Å²) in [4.78, 5) is 28.8. The van der Waals surface area contributed by atoms with Crippen LogP contribution < -0.4 is 0 Å². The molecule has 8 heteroatoms. The average Bonchev–Trinajstić information content (AvgIpc) is 2.54. The standard InChI is InChI=1S/C17H22F3N3O2/c1-13(24)22-7-9-23(10-8-22)16(25)12-21(2)11-14-3-5-15(6-4-14)17(18,19)20/h3-6H,7-12H2,1-2H3. The van der Waals surface area contributed by atoms with Crippen LogP contribution in [0.2, 0.25) is 0 Å². The van der Waals surface area contributed by atoms with Gasteiger partial charge in [0.05, 0.1) is 12.1 Å². The molecule has 1 aromatic rings. The van der Waals surface area contributed by atoms with E-state index in [-0.39, 0.29) is 18.4 Å². The number of rotatable bonds is 4. The van der Waals surface area contributed by atoms with Gasteiger partial charge in [0.2, 0.25) is 11.8 Å². The van der Waals surface area contributed by atoms with E-state index in [0.29, 0.717) is 38.3 Å². The van der Waals surface area contributed by atoms with Crippen LogP contribution in [0, 0.1) is 0 Å². The highest BCUT2D eigenvalue weighted by Gasteiger charge is 2.30. The molecule has 0 aromatic heterocycles. The van der Waals surface area contributed by atoms with Crippen molar-refractivity contribution in [2.24, 2.45) is 0 Å². The number of carbonyl (C=O) groups is 2. The molecule has 1 aromatic carbocycles. The maximum absolute atomic E-state index is 12.6. The zero-order valence-corrected chi connectivity index (χ0v) is 14.3. The molecule has 0 saturated carbocycles. The van der Waals surface area contributed by atoms with Crippen molar-refractivity contribution >= 4 is 11.8 Å². The number of benzene rings is 1. The van der Waals surface area contributed by atoms with E-state index in [1.54, 1.807) is 21.7 Å². The van der Waals surface area contributed by atoms with E-state index in [2.05, 4.69) is 0 Å². The number of hydrogen-bond donors (Lipinski definition) is 0. The molecule has 1 saturated heterocycles. The molecule has 138 valence electrons. The number of hydrogen-bond acceptors (Lipinski definition) is 3. The van der Waals surface area contributed by atoms with Crippen molar-refractivity contribution in [2.75, 3.05) is 39.8 Å². The van der Waals surface area contributed by atoms with E-state index in [1.807, 2.05) is 0 Å². The van der Waals surface area contributed by atoms with Crippen LogP contribution in [0.15, 0.2) is 24.3 Å². The van der Waals surface area contributed by atoms with Crippen LogP contribution in [-0.2, 0) is 22.3 Å². The number of likely N-dealkylation sites (N-methyl/N-ethyl adjacent to an activating group) is 1. The molecule has 2 rings (SSSR count). The highest BCUT2D eigenvalue weighted by Crippen LogP contribution is 2.29. The second-order valence-electron chi connectivity index (χ2n) is 6.25. The Morgan fingerprint density at radius 1 is 1.04 bits per heavy atom. The van der Waals surface area contributed by atoms with Crippen LogP contribution in [-0.4, -0.2) is 66.3 Å². The summed E-state index contributed by atoms with van der Waals surface area (Å²) in [6.07, 6.45) is -4.34. The second-order valence-corrected chi connectivity index (χ2v) is 6.25. The smallest absolute Gasteiger partial charge is 0.339 e. The Morgan fingerprint density at radius 2 is 1.56 bits per heavy atom. The minimum atomic E-state index is -4.34. The number of piperazine rings is 1. The third-order valence-electron chi connectivity index (χ3n) is 4.22. The number of carbonyl (C=O) groups excluding carboxylic acids is 2. The lowest BCUT2D eigenvalue weighted by atomic mass is 10.1. The van der Waals surface area contributed by atoms with Crippen molar-refractivity contribution in [3.05, 3.63) is 35.4 Å². The van der Waals surface area contributed by atoms with E-state index >= 15 is 0 Å². The molecule has 0 radical (unpaired) electrons. The van der Waals surface area contributed by atoms with Crippen LogP contribution in [0.5, 0.6) is 0 Å². The van der Waals surface area contributed by atoms with Gasteiger partial charge in [-0.1, -0.05) is 12.1 Å². The van der Waals surface area contributed by atoms with Crippen LogP contribution in [0.25, 0.3) is 0 Å². The monoisotopic (exact) mass is 357 g/mol. The fourth-order valence-electron chi connectivity index (χ4n) is 2.77. The maximum atomic E-state index is 12.6. The van der Waals surface area contributed by atoms with Crippen molar-refractivity contribution in [3.8, 4) is 0 Å². The lowest BCUT2D eigenvalue weighted by Gasteiger charge is -2.35. The van der Waals surface area contributed by atoms with E-state index in [4.69, 9.17) is 0 Å². The Morgan fingerprint density at radius 3 is 2.04 bits per heavy atom. The Bertz CT molecular complexity index is 609. The Labute approximate surface area is 145 Å². The van der Waals surface area contributed by atoms with Gasteiger partial charge in [0.15, 0.2) is 0 Å². The summed E-state index contributed by atoms with van der Waals surface area (Å²) in [6.45, 7) is 4.15. The molecule has 0 unspecified atom stereocenters. The van der Waals surface area contributed by atoms with Crippen molar-refractivity contribution in [1.29, 1.82) is 0 Å². The second kappa shape index (κ2) is 7.86. The highest BCUT2D eigenvalue weighted by molar-refractivity contribution is 5.79. The molecular formula is C17H22F3N3O2. The van der Waals surface area contributed by atoms with Crippen LogP contribution in [0.4, 0.5) is 13.2 Å². The van der Waals surface area contributed by atoms with Gasteiger partial charge in [-0.05, 0) is 24.7 Å². The number of amides is 2. The fraction of sp³-hybridized carbons (Fsp3) is 0.529.